The lowest BCUT2D eigenvalue weighted by molar-refractivity contribution is 0.253. The van der Waals surface area contributed by atoms with Gasteiger partial charge >= 0.3 is 0 Å². The van der Waals surface area contributed by atoms with Crippen molar-refractivity contribution in [2.45, 2.75) is 24.8 Å². The summed E-state index contributed by atoms with van der Waals surface area (Å²) in [7, 11) is 1.65. The first-order valence-corrected chi connectivity index (χ1v) is 11.5. The van der Waals surface area contributed by atoms with Crippen LogP contribution in [0.25, 0.3) is 39.3 Å². The Kier molecular flexibility index (Phi) is 4.89. The molecule has 34 heavy (non-hydrogen) atoms. The van der Waals surface area contributed by atoms with Crippen LogP contribution in [0, 0.1) is 0 Å². The van der Waals surface area contributed by atoms with E-state index in [0.717, 1.165) is 52.1 Å². The molecule has 0 saturated heterocycles. The van der Waals surface area contributed by atoms with E-state index in [4.69, 9.17) is 20.6 Å². The Morgan fingerprint density at radius 2 is 1.65 bits per heavy atom. The molecule has 0 spiro atoms. The average molecular weight is 448 g/mol. The minimum Gasteiger partial charge on any atom is -0.494 e. The summed E-state index contributed by atoms with van der Waals surface area (Å²) in [5.74, 6) is 0.655. The standard InChI is InChI=1S/C28H25N5O/c1-34-23-18-31-33-26(20-7-3-2-4-8-20)25(32-27(33)24(23)21-9-5-16-30-17-21)19-10-12-22(13-11-19)28(29)14-6-15-28/h2-5,7-13,16-18H,6,14-15,29H2,1H3. The number of methoxy groups -OCH3 is 1. The Morgan fingerprint density at radius 1 is 0.882 bits per heavy atom. The van der Waals surface area contributed by atoms with E-state index in [1.165, 1.54) is 12.0 Å². The lowest BCUT2D eigenvalue weighted by Crippen LogP contribution is -2.43. The molecule has 1 aliphatic carbocycles. The fourth-order valence-corrected chi connectivity index (χ4v) is 4.77. The first-order valence-electron chi connectivity index (χ1n) is 11.5. The summed E-state index contributed by atoms with van der Waals surface area (Å²) in [4.78, 5) is 9.44. The molecule has 6 heteroatoms. The molecule has 2 aromatic carbocycles. The van der Waals surface area contributed by atoms with Gasteiger partial charge in [-0.2, -0.15) is 5.10 Å². The Bertz CT molecular complexity index is 1460. The van der Waals surface area contributed by atoms with Crippen LogP contribution < -0.4 is 10.5 Å². The smallest absolute Gasteiger partial charge is 0.166 e. The predicted molar refractivity (Wildman–Crippen MR) is 133 cm³/mol. The number of aromatic nitrogens is 4. The molecule has 3 heterocycles. The van der Waals surface area contributed by atoms with Gasteiger partial charge in [-0.15, -0.1) is 0 Å². The maximum atomic E-state index is 6.56. The SMILES string of the molecule is COc1cnn2c(-c3ccccc3)c(-c3ccc(C4(N)CCC4)cc3)nc2c1-c1cccnc1. The number of rotatable bonds is 5. The molecule has 168 valence electrons. The Balaban J connectivity index is 1.61. The number of pyridine rings is 1. The number of ether oxygens (including phenoxy) is 1. The molecule has 5 aromatic rings. The van der Waals surface area contributed by atoms with Crippen LogP contribution in [-0.2, 0) is 5.54 Å². The van der Waals surface area contributed by atoms with Crippen molar-refractivity contribution < 1.29 is 4.74 Å². The Labute approximate surface area is 198 Å². The van der Waals surface area contributed by atoms with Gasteiger partial charge in [-0.05, 0) is 30.9 Å². The molecule has 1 aliphatic rings. The second-order valence-electron chi connectivity index (χ2n) is 8.83. The highest BCUT2D eigenvalue weighted by molar-refractivity contribution is 5.89. The predicted octanol–water partition coefficient (Wildman–Crippen LogP) is 5.47. The van der Waals surface area contributed by atoms with Gasteiger partial charge in [-0.1, -0.05) is 60.7 Å². The molecule has 0 amide bonds. The van der Waals surface area contributed by atoms with Gasteiger partial charge in [0, 0.05) is 34.6 Å². The Morgan fingerprint density at radius 3 is 2.29 bits per heavy atom. The number of hydrogen-bond donors (Lipinski definition) is 1. The molecule has 0 aliphatic heterocycles. The quantitative estimate of drug-likeness (QED) is 0.386. The van der Waals surface area contributed by atoms with Gasteiger partial charge in [0.2, 0.25) is 0 Å². The van der Waals surface area contributed by atoms with Crippen LogP contribution in [0.4, 0.5) is 0 Å². The normalized spacial score (nSPS) is 14.6. The largest absolute Gasteiger partial charge is 0.494 e. The van der Waals surface area contributed by atoms with Gasteiger partial charge in [-0.3, -0.25) is 4.98 Å². The van der Waals surface area contributed by atoms with Crippen LogP contribution in [-0.4, -0.2) is 26.7 Å². The van der Waals surface area contributed by atoms with E-state index >= 15 is 0 Å². The summed E-state index contributed by atoms with van der Waals surface area (Å²) in [6.45, 7) is 0. The van der Waals surface area contributed by atoms with Gasteiger partial charge in [0.25, 0.3) is 0 Å². The fourth-order valence-electron chi connectivity index (χ4n) is 4.77. The molecule has 0 atom stereocenters. The highest BCUT2D eigenvalue weighted by atomic mass is 16.5. The zero-order chi connectivity index (χ0) is 23.1. The highest BCUT2D eigenvalue weighted by Crippen LogP contribution is 2.41. The van der Waals surface area contributed by atoms with E-state index in [9.17, 15) is 0 Å². The van der Waals surface area contributed by atoms with Crippen LogP contribution in [0.5, 0.6) is 5.75 Å². The summed E-state index contributed by atoms with van der Waals surface area (Å²) < 4.78 is 7.59. The van der Waals surface area contributed by atoms with E-state index in [2.05, 4.69) is 41.4 Å². The van der Waals surface area contributed by atoms with Crippen LogP contribution in [0.1, 0.15) is 24.8 Å². The molecule has 0 bridgehead atoms. The number of hydrogen-bond acceptors (Lipinski definition) is 5. The highest BCUT2D eigenvalue weighted by Gasteiger charge is 2.34. The minimum atomic E-state index is -0.192. The molecule has 1 saturated carbocycles. The van der Waals surface area contributed by atoms with Gasteiger partial charge in [0.15, 0.2) is 11.4 Å². The first kappa shape index (κ1) is 20.6. The van der Waals surface area contributed by atoms with Gasteiger partial charge in [0.1, 0.15) is 5.69 Å². The summed E-state index contributed by atoms with van der Waals surface area (Å²) in [5, 5.41) is 4.73. The van der Waals surface area contributed by atoms with Crippen molar-refractivity contribution in [3.63, 3.8) is 0 Å². The van der Waals surface area contributed by atoms with Crippen molar-refractivity contribution in [3.8, 4) is 39.4 Å². The summed E-state index contributed by atoms with van der Waals surface area (Å²) in [6, 6.07) is 22.7. The van der Waals surface area contributed by atoms with Gasteiger partial charge in [0.05, 0.1) is 24.6 Å². The second kappa shape index (κ2) is 8.08. The van der Waals surface area contributed by atoms with E-state index in [-0.39, 0.29) is 5.54 Å². The monoisotopic (exact) mass is 447 g/mol. The van der Waals surface area contributed by atoms with E-state index in [1.807, 2.05) is 41.0 Å². The molecular formula is C28H25N5O. The van der Waals surface area contributed by atoms with Crippen LogP contribution in [0.2, 0.25) is 0 Å². The van der Waals surface area contributed by atoms with Crippen molar-refractivity contribution in [2.75, 3.05) is 7.11 Å². The molecule has 0 unspecified atom stereocenters. The lowest BCUT2D eigenvalue weighted by atomic mass is 9.72. The maximum absolute atomic E-state index is 6.56. The fraction of sp³-hybridized carbons (Fsp3) is 0.179. The van der Waals surface area contributed by atoms with E-state index in [0.29, 0.717) is 5.75 Å². The van der Waals surface area contributed by atoms with Crippen molar-refractivity contribution in [3.05, 3.63) is 90.9 Å². The topological polar surface area (TPSA) is 78.3 Å². The van der Waals surface area contributed by atoms with Crippen molar-refractivity contribution in [1.82, 2.24) is 19.6 Å². The molecule has 1 fully saturated rings. The second-order valence-corrected chi connectivity index (χ2v) is 8.83. The molecule has 2 N–H and O–H groups in total. The van der Waals surface area contributed by atoms with Gasteiger partial charge in [-0.25, -0.2) is 9.50 Å². The lowest BCUT2D eigenvalue weighted by Gasteiger charge is -2.38. The van der Waals surface area contributed by atoms with Crippen LogP contribution >= 0.6 is 0 Å². The van der Waals surface area contributed by atoms with Crippen molar-refractivity contribution >= 4 is 5.65 Å². The Hall–Kier alpha value is -4.03. The summed E-state index contributed by atoms with van der Waals surface area (Å²) >= 11 is 0. The minimum absolute atomic E-state index is 0.192. The van der Waals surface area contributed by atoms with Crippen LogP contribution in [0.15, 0.2) is 85.3 Å². The molecular weight excluding hydrogens is 422 g/mol. The van der Waals surface area contributed by atoms with E-state index in [1.54, 1.807) is 19.5 Å². The number of imidazole rings is 1. The summed E-state index contributed by atoms with van der Waals surface area (Å²) in [5.41, 5.74) is 13.9. The van der Waals surface area contributed by atoms with Crippen molar-refractivity contribution in [1.29, 1.82) is 0 Å². The molecule has 0 radical (unpaired) electrons. The number of fused-ring (bicyclic) bond motifs is 1. The van der Waals surface area contributed by atoms with Crippen molar-refractivity contribution in [2.24, 2.45) is 5.73 Å². The summed E-state index contributed by atoms with van der Waals surface area (Å²) in [6.07, 6.45) is 8.58. The average Bonchev–Trinajstić information content (AvgIpc) is 3.27. The van der Waals surface area contributed by atoms with Gasteiger partial charge < -0.3 is 10.5 Å². The first-order chi connectivity index (χ1) is 16.7. The third-order valence-corrected chi connectivity index (χ3v) is 6.81. The number of nitrogens with two attached hydrogens (primary N) is 1. The number of nitrogens with zero attached hydrogens (tertiary/aromatic N) is 4. The molecule has 6 nitrogen and oxygen atoms in total. The zero-order valence-corrected chi connectivity index (χ0v) is 19.0. The maximum Gasteiger partial charge on any atom is 0.166 e. The molecule has 6 rings (SSSR count). The van der Waals surface area contributed by atoms with Crippen LogP contribution in [0.3, 0.4) is 0 Å². The third kappa shape index (κ3) is 3.26. The number of benzene rings is 2. The third-order valence-electron chi connectivity index (χ3n) is 6.81. The zero-order valence-electron chi connectivity index (χ0n) is 19.0. The van der Waals surface area contributed by atoms with E-state index < -0.39 is 0 Å². The molecule has 3 aromatic heterocycles.